The fourth-order valence-electron chi connectivity index (χ4n) is 3.28. The van der Waals surface area contributed by atoms with Crippen LogP contribution in [0.3, 0.4) is 0 Å². The van der Waals surface area contributed by atoms with Crippen LogP contribution < -0.4 is 5.32 Å². The van der Waals surface area contributed by atoms with Crippen molar-refractivity contribution in [1.29, 1.82) is 0 Å². The monoisotopic (exact) mass is 369 g/mol. The van der Waals surface area contributed by atoms with Crippen molar-refractivity contribution in [1.82, 2.24) is 5.32 Å². The van der Waals surface area contributed by atoms with E-state index < -0.39 is 0 Å². The standard InChI is InChI=1S/C26H27NO/c1-20(2)18-25(23-16-10-5-11-17-23)27-26(28)24(22-14-8-4-9-15-22)19-21-12-6-3-7-13-21/h3-17,19-20,25H,18H2,1-2H3,(H,27,28)/b24-19+/t25-/m1/s1. The summed E-state index contributed by atoms with van der Waals surface area (Å²) in [5, 5.41) is 3.28. The van der Waals surface area contributed by atoms with Crippen LogP contribution in [0.2, 0.25) is 0 Å². The smallest absolute Gasteiger partial charge is 0.252 e. The van der Waals surface area contributed by atoms with Crippen molar-refractivity contribution in [3.05, 3.63) is 108 Å². The third-order valence-electron chi connectivity index (χ3n) is 4.65. The van der Waals surface area contributed by atoms with Crippen molar-refractivity contribution >= 4 is 17.6 Å². The first kappa shape index (κ1) is 19.6. The molecule has 0 aliphatic heterocycles. The molecule has 1 N–H and O–H groups in total. The van der Waals surface area contributed by atoms with E-state index in [1.165, 1.54) is 0 Å². The number of hydrogen-bond acceptors (Lipinski definition) is 1. The van der Waals surface area contributed by atoms with Crippen molar-refractivity contribution in [3.8, 4) is 0 Å². The Morgan fingerprint density at radius 3 is 1.93 bits per heavy atom. The number of nitrogens with one attached hydrogen (secondary N) is 1. The summed E-state index contributed by atoms with van der Waals surface area (Å²) in [6.07, 6.45) is 2.85. The van der Waals surface area contributed by atoms with Gasteiger partial charge < -0.3 is 5.32 Å². The zero-order valence-electron chi connectivity index (χ0n) is 16.5. The highest BCUT2D eigenvalue weighted by molar-refractivity contribution is 6.24. The Morgan fingerprint density at radius 2 is 1.36 bits per heavy atom. The summed E-state index contributed by atoms with van der Waals surface area (Å²) in [5.74, 6) is 0.424. The van der Waals surface area contributed by atoms with E-state index in [4.69, 9.17) is 0 Å². The summed E-state index contributed by atoms with van der Waals surface area (Å²) >= 11 is 0. The molecule has 1 atom stereocenters. The highest BCUT2D eigenvalue weighted by Gasteiger charge is 2.19. The Hall–Kier alpha value is -3.13. The molecule has 0 fully saturated rings. The third-order valence-corrected chi connectivity index (χ3v) is 4.65. The molecule has 2 nitrogen and oxygen atoms in total. The lowest BCUT2D eigenvalue weighted by molar-refractivity contribution is -0.116. The van der Waals surface area contributed by atoms with Crippen molar-refractivity contribution in [3.63, 3.8) is 0 Å². The molecule has 0 saturated heterocycles. The Kier molecular flexibility index (Phi) is 6.80. The lowest BCUT2D eigenvalue weighted by Gasteiger charge is -2.22. The Labute approximate surface area is 167 Å². The number of benzene rings is 3. The number of rotatable bonds is 7. The second-order valence-electron chi connectivity index (χ2n) is 7.40. The maximum atomic E-state index is 13.3. The molecule has 3 rings (SSSR count). The van der Waals surface area contributed by atoms with E-state index in [1.807, 2.05) is 84.9 Å². The zero-order chi connectivity index (χ0) is 19.8. The summed E-state index contributed by atoms with van der Waals surface area (Å²) in [6, 6.07) is 30.0. The molecular formula is C26H27NO. The van der Waals surface area contributed by atoms with E-state index in [0.29, 0.717) is 11.5 Å². The first-order valence-electron chi connectivity index (χ1n) is 9.81. The minimum atomic E-state index is -0.0513. The van der Waals surface area contributed by atoms with Crippen LogP contribution in [-0.4, -0.2) is 5.91 Å². The molecular weight excluding hydrogens is 342 g/mol. The average molecular weight is 370 g/mol. The van der Waals surface area contributed by atoms with Gasteiger partial charge in [-0.2, -0.15) is 0 Å². The molecule has 0 heterocycles. The molecule has 0 saturated carbocycles. The van der Waals surface area contributed by atoms with Gasteiger partial charge in [0.1, 0.15) is 0 Å². The molecule has 1 amide bonds. The quantitative estimate of drug-likeness (QED) is 0.394. The number of carbonyl (C=O) groups is 1. The molecule has 0 aliphatic carbocycles. The van der Waals surface area contributed by atoms with E-state index in [1.54, 1.807) is 0 Å². The Balaban J connectivity index is 1.93. The van der Waals surface area contributed by atoms with Gasteiger partial charge in [0.05, 0.1) is 6.04 Å². The van der Waals surface area contributed by atoms with Crippen LogP contribution in [-0.2, 0) is 4.79 Å². The minimum absolute atomic E-state index is 0.0171. The van der Waals surface area contributed by atoms with E-state index in [9.17, 15) is 4.79 Å². The zero-order valence-corrected chi connectivity index (χ0v) is 16.5. The number of carbonyl (C=O) groups excluding carboxylic acids is 1. The second-order valence-corrected chi connectivity index (χ2v) is 7.40. The summed E-state index contributed by atoms with van der Waals surface area (Å²) < 4.78 is 0. The van der Waals surface area contributed by atoms with E-state index in [-0.39, 0.29) is 11.9 Å². The van der Waals surface area contributed by atoms with Crippen molar-refractivity contribution in [2.24, 2.45) is 5.92 Å². The Morgan fingerprint density at radius 1 is 0.821 bits per heavy atom. The third kappa shape index (κ3) is 5.43. The van der Waals surface area contributed by atoms with Crippen molar-refractivity contribution in [2.45, 2.75) is 26.3 Å². The van der Waals surface area contributed by atoms with E-state index >= 15 is 0 Å². The largest absolute Gasteiger partial charge is 0.345 e. The van der Waals surface area contributed by atoms with Crippen LogP contribution in [0, 0.1) is 5.92 Å². The maximum Gasteiger partial charge on any atom is 0.252 e. The minimum Gasteiger partial charge on any atom is -0.345 e. The van der Waals surface area contributed by atoms with Gasteiger partial charge in [0.2, 0.25) is 0 Å². The maximum absolute atomic E-state index is 13.3. The first-order chi connectivity index (χ1) is 13.6. The van der Waals surface area contributed by atoms with Crippen LogP contribution in [0.15, 0.2) is 91.0 Å². The molecule has 142 valence electrons. The topological polar surface area (TPSA) is 29.1 Å². The Bertz CT molecular complexity index is 899. The van der Waals surface area contributed by atoms with Gasteiger partial charge in [-0.05, 0) is 35.1 Å². The second kappa shape index (κ2) is 9.70. The first-order valence-corrected chi connectivity index (χ1v) is 9.81. The van der Waals surface area contributed by atoms with Crippen LogP contribution in [0.1, 0.15) is 43.0 Å². The molecule has 0 aromatic heterocycles. The summed E-state index contributed by atoms with van der Waals surface area (Å²) in [7, 11) is 0. The SMILES string of the molecule is CC(C)C[C@@H](NC(=O)/C(=C/c1ccccc1)c1ccccc1)c1ccccc1. The molecule has 0 bridgehead atoms. The van der Waals surface area contributed by atoms with Gasteiger partial charge in [-0.3, -0.25) is 4.79 Å². The van der Waals surface area contributed by atoms with Gasteiger partial charge in [-0.15, -0.1) is 0 Å². The molecule has 0 unspecified atom stereocenters. The molecule has 2 heteroatoms. The normalized spacial score (nSPS) is 12.6. The van der Waals surface area contributed by atoms with Crippen molar-refractivity contribution < 1.29 is 4.79 Å². The van der Waals surface area contributed by atoms with Gasteiger partial charge in [0.25, 0.3) is 5.91 Å². The van der Waals surface area contributed by atoms with Gasteiger partial charge >= 0.3 is 0 Å². The average Bonchev–Trinajstić information content (AvgIpc) is 2.73. The molecule has 3 aromatic carbocycles. The fourth-order valence-corrected chi connectivity index (χ4v) is 3.28. The lowest BCUT2D eigenvalue weighted by atomic mass is 9.95. The molecule has 28 heavy (non-hydrogen) atoms. The number of hydrogen-bond donors (Lipinski definition) is 1. The van der Waals surface area contributed by atoms with Crippen molar-refractivity contribution in [2.75, 3.05) is 0 Å². The highest BCUT2D eigenvalue weighted by atomic mass is 16.1. The van der Waals surface area contributed by atoms with E-state index in [0.717, 1.165) is 23.1 Å². The summed E-state index contributed by atoms with van der Waals surface area (Å²) in [4.78, 5) is 13.3. The van der Waals surface area contributed by atoms with Gasteiger partial charge in [0, 0.05) is 5.57 Å². The molecule has 0 spiro atoms. The molecule has 3 aromatic rings. The highest BCUT2D eigenvalue weighted by Crippen LogP contribution is 2.24. The summed E-state index contributed by atoms with van der Waals surface area (Å²) in [6.45, 7) is 4.36. The summed E-state index contributed by atoms with van der Waals surface area (Å²) in [5.41, 5.74) is 3.74. The predicted molar refractivity (Wildman–Crippen MR) is 118 cm³/mol. The predicted octanol–water partition coefficient (Wildman–Crippen LogP) is 6.13. The van der Waals surface area contributed by atoms with Gasteiger partial charge in [-0.1, -0.05) is 105 Å². The fraction of sp³-hybridized carbons (Fsp3) is 0.192. The molecule has 0 radical (unpaired) electrons. The van der Waals surface area contributed by atoms with Crippen LogP contribution in [0.5, 0.6) is 0 Å². The lowest BCUT2D eigenvalue weighted by Crippen LogP contribution is -2.30. The van der Waals surface area contributed by atoms with Crippen LogP contribution >= 0.6 is 0 Å². The van der Waals surface area contributed by atoms with Crippen LogP contribution in [0.25, 0.3) is 11.6 Å². The van der Waals surface area contributed by atoms with Gasteiger partial charge in [-0.25, -0.2) is 0 Å². The van der Waals surface area contributed by atoms with E-state index in [2.05, 4.69) is 31.3 Å². The molecule has 0 aliphatic rings. The van der Waals surface area contributed by atoms with Crippen LogP contribution in [0.4, 0.5) is 0 Å². The number of amides is 1. The van der Waals surface area contributed by atoms with Gasteiger partial charge in [0.15, 0.2) is 0 Å².